The van der Waals surface area contributed by atoms with Gasteiger partial charge in [0.15, 0.2) is 0 Å². The predicted octanol–water partition coefficient (Wildman–Crippen LogP) is 5.18. The van der Waals surface area contributed by atoms with Crippen molar-refractivity contribution in [1.82, 2.24) is 4.98 Å². The number of carbonyl (C=O) groups is 1. The number of hydrogen-bond donors (Lipinski definition) is 0. The van der Waals surface area contributed by atoms with E-state index in [9.17, 15) is 41.4 Å². The molecule has 0 amide bonds. The number of carboxylic acid groups (broad SMARTS) is 1. The van der Waals surface area contributed by atoms with E-state index in [1.165, 1.54) is 24.4 Å². The number of alkyl halides is 6. The summed E-state index contributed by atoms with van der Waals surface area (Å²) in [4.78, 5) is 24.2. The van der Waals surface area contributed by atoms with Crippen LogP contribution in [0.15, 0.2) is 113 Å². The summed E-state index contributed by atoms with van der Waals surface area (Å²) in [6.07, 6.45) is -8.40. The fourth-order valence-corrected chi connectivity index (χ4v) is 3.81. The van der Waals surface area contributed by atoms with E-state index in [4.69, 9.17) is 0 Å². The van der Waals surface area contributed by atoms with Crippen molar-refractivity contribution in [3.05, 3.63) is 137 Å². The first-order valence-corrected chi connectivity index (χ1v) is 12.0. The third-order valence-electron chi connectivity index (χ3n) is 5.75. The van der Waals surface area contributed by atoms with Gasteiger partial charge < -0.3 is 15.0 Å². The van der Waals surface area contributed by atoms with Gasteiger partial charge in [0.2, 0.25) is 0 Å². The smallest absolute Gasteiger partial charge is 0.857 e. The van der Waals surface area contributed by atoms with Gasteiger partial charge >= 0.3 is 28.8 Å². The topological polar surface area (TPSA) is 101 Å². The van der Waals surface area contributed by atoms with Crippen LogP contribution in [0.5, 0.6) is 0 Å². The molecule has 0 aliphatic rings. The second-order valence-electron chi connectivity index (χ2n) is 8.62. The molecule has 0 fully saturated rings. The van der Waals surface area contributed by atoms with Gasteiger partial charge in [-0.1, -0.05) is 54.6 Å². The molecule has 0 aliphatic heterocycles. The monoisotopic (exact) mass is 639 g/mol. The number of benzene rings is 3. The molecule has 0 saturated heterocycles. The molecule has 0 spiro atoms. The second-order valence-corrected chi connectivity index (χ2v) is 8.62. The average molecular weight is 640 g/mol. The van der Waals surface area contributed by atoms with Crippen molar-refractivity contribution >= 4 is 28.8 Å². The zero-order valence-electron chi connectivity index (χ0n) is 21.5. The number of aromatic nitrogens is 1. The summed E-state index contributed by atoms with van der Waals surface area (Å²) in [7, 11) is 0. The summed E-state index contributed by atoms with van der Waals surface area (Å²) in [6.45, 7) is 0. The zero-order valence-corrected chi connectivity index (χ0v) is 22.5. The summed E-state index contributed by atoms with van der Waals surface area (Å²) in [6, 6.07) is 19.2. The normalized spacial score (nSPS) is 12.9. The number of aliphatic carboxylic acids is 1. The summed E-state index contributed by atoms with van der Waals surface area (Å²) in [5.41, 5.74) is -4.64. The molecule has 4 aromatic rings. The van der Waals surface area contributed by atoms with E-state index in [-0.39, 0.29) is 57.3 Å². The summed E-state index contributed by atoms with van der Waals surface area (Å²) in [5, 5.41) is 24.7. The minimum atomic E-state index is -5.20. The third-order valence-corrected chi connectivity index (χ3v) is 5.75. The van der Waals surface area contributed by atoms with Crippen molar-refractivity contribution in [2.24, 2.45) is 9.98 Å². The molecule has 0 bridgehead atoms. The quantitative estimate of drug-likeness (QED) is 0.0914. The maximum Gasteiger partial charge on any atom is 2.00 e. The van der Waals surface area contributed by atoms with Crippen LogP contribution < -0.4 is 10.2 Å². The SMILES string of the molecule is O=C([O-])/C(=C\N=C(c1ccccc1)c1ccccc1N=C([O-])c1ccccn1)c1cc(C(F)(F)F)cc(C(F)(F)F)c1.[Ni+2]. The van der Waals surface area contributed by atoms with Gasteiger partial charge in [-0.15, -0.1) is 0 Å². The van der Waals surface area contributed by atoms with Crippen molar-refractivity contribution in [1.29, 1.82) is 0 Å². The molecule has 6 nitrogen and oxygen atoms in total. The molecule has 1 heterocycles. The number of hydrogen-bond acceptors (Lipinski definition) is 6. The van der Waals surface area contributed by atoms with E-state index >= 15 is 0 Å². The van der Waals surface area contributed by atoms with Gasteiger partial charge in [-0.05, 0) is 42.0 Å². The summed E-state index contributed by atoms with van der Waals surface area (Å²) in [5.74, 6) is -2.77. The Morgan fingerprint density at radius 2 is 1.33 bits per heavy atom. The molecule has 0 unspecified atom stereocenters. The van der Waals surface area contributed by atoms with Gasteiger partial charge in [0.25, 0.3) is 0 Å². The number of halogens is 6. The predicted molar refractivity (Wildman–Crippen MR) is 138 cm³/mol. The standard InChI is InChI=1S/C30H19F6N3O3.Ni/c31-29(32,33)20-14-19(15-21(16-20)30(34,35)36)23(28(41)42)17-38-26(18-8-2-1-3-9-18)22-10-4-5-11-24(22)39-27(40)25-12-6-7-13-37-25;/h1-17H,(H,39,40)(H,41,42);/q;+2/p-2/b23-17-,38-26?;. The molecule has 0 atom stereocenters. The van der Waals surface area contributed by atoms with Gasteiger partial charge in [0, 0.05) is 35.0 Å². The molecule has 0 saturated carbocycles. The number of rotatable bonds is 7. The average Bonchev–Trinajstić information content (AvgIpc) is 2.95. The Balaban J connectivity index is 0.00000506. The molecule has 222 valence electrons. The van der Waals surface area contributed by atoms with Gasteiger partial charge in [-0.25, -0.2) is 0 Å². The first kappa shape index (κ1) is 32.7. The first-order valence-electron chi connectivity index (χ1n) is 12.0. The van der Waals surface area contributed by atoms with Crippen molar-refractivity contribution < 1.29 is 57.8 Å². The van der Waals surface area contributed by atoms with Crippen LogP contribution >= 0.6 is 0 Å². The Kier molecular flexibility index (Phi) is 10.3. The van der Waals surface area contributed by atoms with Crippen molar-refractivity contribution in [3.8, 4) is 0 Å². The van der Waals surface area contributed by atoms with E-state index in [2.05, 4.69) is 15.0 Å². The van der Waals surface area contributed by atoms with Crippen LogP contribution in [0.3, 0.4) is 0 Å². The Morgan fingerprint density at radius 1 is 0.744 bits per heavy atom. The third kappa shape index (κ3) is 8.17. The van der Waals surface area contributed by atoms with Crippen LogP contribution in [0.25, 0.3) is 5.57 Å². The maximum absolute atomic E-state index is 13.4. The molecule has 4 rings (SSSR count). The number of para-hydroxylation sites is 1. The largest absolute Gasteiger partial charge is 2.00 e. The van der Waals surface area contributed by atoms with E-state index in [1.807, 2.05) is 0 Å². The van der Waals surface area contributed by atoms with Crippen LogP contribution in [0.1, 0.15) is 33.5 Å². The molecule has 0 N–H and O–H groups in total. The van der Waals surface area contributed by atoms with E-state index in [0.29, 0.717) is 11.8 Å². The maximum atomic E-state index is 13.4. The molecule has 43 heavy (non-hydrogen) atoms. The van der Waals surface area contributed by atoms with Crippen molar-refractivity contribution in [2.45, 2.75) is 12.4 Å². The van der Waals surface area contributed by atoms with Gasteiger partial charge in [0.05, 0.1) is 34.2 Å². The number of carbonyl (C=O) groups excluding carboxylic acids is 1. The first-order chi connectivity index (χ1) is 19.8. The van der Waals surface area contributed by atoms with Crippen LogP contribution in [0.2, 0.25) is 0 Å². The summed E-state index contributed by atoms with van der Waals surface area (Å²) >= 11 is 0. The molecular formula is C30H17F6N3NiO3. The van der Waals surface area contributed by atoms with Crippen LogP contribution in [0, 0.1) is 0 Å². The molecule has 13 heteroatoms. The minimum absolute atomic E-state index is 0. The summed E-state index contributed by atoms with van der Waals surface area (Å²) < 4.78 is 80.5. The fraction of sp³-hybridized carbons (Fsp3) is 0.0667. The van der Waals surface area contributed by atoms with Crippen molar-refractivity contribution in [2.75, 3.05) is 0 Å². The van der Waals surface area contributed by atoms with Crippen LogP contribution in [0.4, 0.5) is 32.0 Å². The van der Waals surface area contributed by atoms with E-state index in [0.717, 1.165) is 0 Å². The zero-order chi connectivity index (χ0) is 30.5. The minimum Gasteiger partial charge on any atom is -0.857 e. The Morgan fingerprint density at radius 3 is 1.88 bits per heavy atom. The van der Waals surface area contributed by atoms with E-state index in [1.54, 1.807) is 54.6 Å². The molecule has 0 aliphatic carbocycles. The van der Waals surface area contributed by atoms with Crippen LogP contribution in [-0.4, -0.2) is 22.6 Å². The van der Waals surface area contributed by atoms with Crippen LogP contribution in [-0.2, 0) is 33.6 Å². The van der Waals surface area contributed by atoms with Gasteiger partial charge in [0.1, 0.15) is 0 Å². The number of aliphatic imine (C=N–C) groups is 2. The Hall–Kier alpha value is -4.77. The Labute approximate surface area is 250 Å². The van der Waals surface area contributed by atoms with Crippen molar-refractivity contribution in [3.63, 3.8) is 0 Å². The molecular weight excluding hydrogens is 623 g/mol. The molecule has 0 radical (unpaired) electrons. The number of pyridine rings is 1. The van der Waals surface area contributed by atoms with Gasteiger partial charge in [-0.3, -0.25) is 15.0 Å². The Bertz CT molecular complexity index is 1650. The molecule has 3 aromatic carbocycles. The number of carboxylic acids is 1. The number of nitrogens with zero attached hydrogens (tertiary/aromatic N) is 3. The molecule has 1 aromatic heterocycles. The fourth-order valence-electron chi connectivity index (χ4n) is 3.81. The van der Waals surface area contributed by atoms with Gasteiger partial charge in [-0.2, -0.15) is 26.3 Å². The van der Waals surface area contributed by atoms with E-state index < -0.39 is 46.5 Å². The second kappa shape index (κ2) is 13.5.